The summed E-state index contributed by atoms with van der Waals surface area (Å²) in [6.07, 6.45) is 0.658. The summed E-state index contributed by atoms with van der Waals surface area (Å²) >= 11 is 0. The van der Waals surface area contributed by atoms with Crippen LogP contribution in [0.3, 0.4) is 0 Å². The van der Waals surface area contributed by atoms with Crippen molar-refractivity contribution in [2.24, 2.45) is 5.92 Å². The highest BCUT2D eigenvalue weighted by atomic mass is 16.5. The minimum Gasteiger partial charge on any atom is -0.469 e. The van der Waals surface area contributed by atoms with E-state index in [2.05, 4.69) is 21.6 Å². The van der Waals surface area contributed by atoms with Gasteiger partial charge in [0.05, 0.1) is 19.6 Å². The van der Waals surface area contributed by atoms with E-state index in [1.54, 1.807) is 0 Å². The summed E-state index contributed by atoms with van der Waals surface area (Å²) in [5.41, 5.74) is 0. The van der Waals surface area contributed by atoms with Gasteiger partial charge < -0.3 is 19.6 Å². The number of hydrogen-bond acceptors (Lipinski definition) is 5. The summed E-state index contributed by atoms with van der Waals surface area (Å²) in [6.45, 7) is 3.78. The maximum atomic E-state index is 11.0. The number of rotatable bonds is 6. The number of methoxy groups -OCH3 is 1. The average molecular weight is 244 g/mol. The van der Waals surface area contributed by atoms with E-state index in [1.807, 2.05) is 7.05 Å². The lowest BCUT2D eigenvalue weighted by molar-refractivity contribution is -0.143. The SMILES string of the molecule is COC(=O)CC(O)CN(C)CC1CCN(C)C1. The fourth-order valence-corrected chi connectivity index (χ4v) is 2.39. The zero-order valence-corrected chi connectivity index (χ0v) is 11.1. The molecule has 1 fully saturated rings. The van der Waals surface area contributed by atoms with Crippen LogP contribution in [0.2, 0.25) is 0 Å². The highest BCUT2D eigenvalue weighted by Gasteiger charge is 2.22. The molecule has 0 aromatic heterocycles. The topological polar surface area (TPSA) is 53.0 Å². The molecular weight excluding hydrogens is 220 g/mol. The standard InChI is InChI=1S/C12H24N2O3/c1-13-5-4-10(7-13)8-14(2)9-11(15)6-12(16)17-3/h10-11,15H,4-9H2,1-3H3. The largest absolute Gasteiger partial charge is 0.469 e. The van der Waals surface area contributed by atoms with Crippen LogP contribution in [0.25, 0.3) is 0 Å². The lowest BCUT2D eigenvalue weighted by atomic mass is 10.1. The summed E-state index contributed by atoms with van der Waals surface area (Å²) in [4.78, 5) is 15.4. The number of carbonyl (C=O) groups excluding carboxylic acids is 1. The van der Waals surface area contributed by atoms with Gasteiger partial charge in [0.2, 0.25) is 0 Å². The number of carbonyl (C=O) groups is 1. The quantitative estimate of drug-likeness (QED) is 0.656. The predicted molar refractivity (Wildman–Crippen MR) is 65.7 cm³/mol. The first-order valence-electron chi connectivity index (χ1n) is 6.13. The zero-order chi connectivity index (χ0) is 12.8. The van der Waals surface area contributed by atoms with Crippen LogP contribution in [0, 0.1) is 5.92 Å². The van der Waals surface area contributed by atoms with E-state index in [0.717, 1.165) is 19.6 Å². The molecule has 0 radical (unpaired) electrons. The van der Waals surface area contributed by atoms with Crippen LogP contribution in [-0.4, -0.2) is 74.4 Å². The first-order chi connectivity index (χ1) is 8.01. The van der Waals surface area contributed by atoms with Gasteiger partial charge in [-0.1, -0.05) is 0 Å². The molecule has 0 bridgehead atoms. The Morgan fingerprint density at radius 2 is 2.35 bits per heavy atom. The molecule has 1 aliphatic rings. The van der Waals surface area contributed by atoms with E-state index in [0.29, 0.717) is 12.5 Å². The van der Waals surface area contributed by atoms with E-state index in [9.17, 15) is 9.90 Å². The Hall–Kier alpha value is -0.650. The molecular formula is C12H24N2O3. The predicted octanol–water partition coefficient (Wildman–Crippen LogP) is -0.206. The third kappa shape index (κ3) is 5.48. The second-order valence-electron chi connectivity index (χ2n) is 5.07. The molecule has 2 atom stereocenters. The van der Waals surface area contributed by atoms with Crippen LogP contribution in [0.1, 0.15) is 12.8 Å². The fourth-order valence-electron chi connectivity index (χ4n) is 2.39. The van der Waals surface area contributed by atoms with E-state index < -0.39 is 6.10 Å². The first kappa shape index (κ1) is 14.4. The Morgan fingerprint density at radius 1 is 1.65 bits per heavy atom. The maximum Gasteiger partial charge on any atom is 0.308 e. The molecule has 17 heavy (non-hydrogen) atoms. The monoisotopic (exact) mass is 244 g/mol. The van der Waals surface area contributed by atoms with Crippen LogP contribution in [-0.2, 0) is 9.53 Å². The van der Waals surface area contributed by atoms with Crippen molar-refractivity contribution in [1.82, 2.24) is 9.80 Å². The van der Waals surface area contributed by atoms with Gasteiger partial charge in [-0.25, -0.2) is 0 Å². The molecule has 1 N–H and O–H groups in total. The summed E-state index contributed by atoms with van der Waals surface area (Å²) in [5.74, 6) is 0.321. The molecule has 0 amide bonds. The van der Waals surface area contributed by atoms with Crippen molar-refractivity contribution < 1.29 is 14.6 Å². The Balaban J connectivity index is 2.19. The van der Waals surface area contributed by atoms with Gasteiger partial charge in [0.15, 0.2) is 0 Å². The molecule has 1 aliphatic heterocycles. The number of esters is 1. The van der Waals surface area contributed by atoms with Crippen LogP contribution >= 0.6 is 0 Å². The van der Waals surface area contributed by atoms with Gasteiger partial charge in [-0.05, 0) is 33.0 Å². The van der Waals surface area contributed by atoms with Gasteiger partial charge in [0, 0.05) is 19.6 Å². The van der Waals surface area contributed by atoms with Gasteiger partial charge in [-0.2, -0.15) is 0 Å². The van der Waals surface area contributed by atoms with E-state index in [1.165, 1.54) is 13.5 Å². The number of likely N-dealkylation sites (tertiary alicyclic amines) is 1. The second kappa shape index (κ2) is 6.93. The summed E-state index contributed by atoms with van der Waals surface area (Å²) in [6, 6.07) is 0. The van der Waals surface area contributed by atoms with Gasteiger partial charge >= 0.3 is 5.97 Å². The number of likely N-dealkylation sites (N-methyl/N-ethyl adjacent to an activating group) is 1. The number of nitrogens with zero attached hydrogens (tertiary/aromatic N) is 2. The molecule has 0 spiro atoms. The molecule has 1 rings (SSSR count). The third-order valence-electron chi connectivity index (χ3n) is 3.21. The molecule has 5 heteroatoms. The summed E-state index contributed by atoms with van der Waals surface area (Å²) in [7, 11) is 5.46. The van der Waals surface area contributed by atoms with Crippen molar-refractivity contribution in [3.63, 3.8) is 0 Å². The molecule has 0 aliphatic carbocycles. The normalized spacial score (nSPS) is 23.0. The number of ether oxygens (including phenoxy) is 1. The third-order valence-corrected chi connectivity index (χ3v) is 3.21. The first-order valence-corrected chi connectivity index (χ1v) is 6.13. The van der Waals surface area contributed by atoms with Gasteiger partial charge in [0.25, 0.3) is 0 Å². The lowest BCUT2D eigenvalue weighted by Gasteiger charge is -2.23. The lowest BCUT2D eigenvalue weighted by Crippen LogP contribution is -2.35. The van der Waals surface area contributed by atoms with E-state index in [-0.39, 0.29) is 12.4 Å². The molecule has 1 heterocycles. The highest BCUT2D eigenvalue weighted by Crippen LogP contribution is 2.15. The molecule has 5 nitrogen and oxygen atoms in total. The zero-order valence-electron chi connectivity index (χ0n) is 11.1. The molecule has 1 saturated heterocycles. The fraction of sp³-hybridized carbons (Fsp3) is 0.917. The van der Waals surface area contributed by atoms with Crippen molar-refractivity contribution in [2.75, 3.05) is 47.4 Å². The number of hydrogen-bond donors (Lipinski definition) is 1. The molecule has 0 aromatic rings. The maximum absolute atomic E-state index is 11.0. The Morgan fingerprint density at radius 3 is 2.88 bits per heavy atom. The average Bonchev–Trinajstić information content (AvgIpc) is 2.63. The van der Waals surface area contributed by atoms with Crippen LogP contribution in [0.15, 0.2) is 0 Å². The molecule has 100 valence electrons. The van der Waals surface area contributed by atoms with Gasteiger partial charge in [-0.3, -0.25) is 4.79 Å². The molecule has 0 saturated carbocycles. The van der Waals surface area contributed by atoms with Crippen molar-refractivity contribution >= 4 is 5.97 Å². The summed E-state index contributed by atoms with van der Waals surface area (Å²) in [5, 5.41) is 9.69. The smallest absolute Gasteiger partial charge is 0.308 e. The minimum atomic E-state index is -0.633. The van der Waals surface area contributed by atoms with Crippen molar-refractivity contribution in [3.05, 3.63) is 0 Å². The number of aliphatic hydroxyl groups excluding tert-OH is 1. The van der Waals surface area contributed by atoms with Crippen molar-refractivity contribution in [2.45, 2.75) is 18.9 Å². The van der Waals surface area contributed by atoms with Gasteiger partial charge in [-0.15, -0.1) is 0 Å². The van der Waals surface area contributed by atoms with E-state index in [4.69, 9.17) is 0 Å². The minimum absolute atomic E-state index is 0.0748. The van der Waals surface area contributed by atoms with Crippen molar-refractivity contribution in [1.29, 1.82) is 0 Å². The Labute approximate surface area is 103 Å². The van der Waals surface area contributed by atoms with Crippen LogP contribution in [0.5, 0.6) is 0 Å². The number of aliphatic hydroxyl groups is 1. The Bertz CT molecular complexity index is 248. The van der Waals surface area contributed by atoms with Crippen LogP contribution in [0.4, 0.5) is 0 Å². The van der Waals surface area contributed by atoms with Crippen molar-refractivity contribution in [3.8, 4) is 0 Å². The molecule has 0 aromatic carbocycles. The summed E-state index contributed by atoms with van der Waals surface area (Å²) < 4.78 is 4.53. The second-order valence-corrected chi connectivity index (χ2v) is 5.07. The van der Waals surface area contributed by atoms with Crippen LogP contribution < -0.4 is 0 Å². The molecule has 2 unspecified atom stereocenters. The van der Waals surface area contributed by atoms with E-state index >= 15 is 0 Å². The Kier molecular flexibility index (Phi) is 5.88. The highest BCUT2D eigenvalue weighted by molar-refractivity contribution is 5.69. The van der Waals surface area contributed by atoms with Gasteiger partial charge in [0.1, 0.15) is 0 Å².